The summed E-state index contributed by atoms with van der Waals surface area (Å²) in [6.45, 7) is 1.65. The summed E-state index contributed by atoms with van der Waals surface area (Å²) in [6, 6.07) is 14.6. The van der Waals surface area contributed by atoms with E-state index in [1.54, 1.807) is 29.1 Å². The zero-order valence-electron chi connectivity index (χ0n) is 15.5. The Kier molecular flexibility index (Phi) is 5.18. The number of hydrogen-bond acceptors (Lipinski definition) is 4. The summed E-state index contributed by atoms with van der Waals surface area (Å²) in [5.74, 6) is -0.560. The van der Waals surface area contributed by atoms with Crippen molar-refractivity contribution in [1.29, 1.82) is 0 Å². The van der Waals surface area contributed by atoms with Crippen LogP contribution in [0, 0.1) is 6.92 Å². The van der Waals surface area contributed by atoms with Crippen LogP contribution in [0.1, 0.15) is 16.1 Å². The van der Waals surface area contributed by atoms with E-state index in [-0.39, 0.29) is 18.2 Å². The van der Waals surface area contributed by atoms with Gasteiger partial charge >= 0.3 is 0 Å². The largest absolute Gasteiger partial charge is 0.451 e. The molecule has 7 nitrogen and oxygen atoms in total. The van der Waals surface area contributed by atoms with E-state index in [2.05, 4.69) is 31.7 Å². The fourth-order valence-electron chi connectivity index (χ4n) is 2.97. The minimum Gasteiger partial charge on any atom is -0.451 e. The van der Waals surface area contributed by atoms with Crippen molar-refractivity contribution in [2.45, 2.75) is 6.92 Å². The van der Waals surface area contributed by atoms with Crippen molar-refractivity contribution in [2.75, 3.05) is 11.9 Å². The number of carbonyl (C=O) groups is 2. The molecule has 0 radical (unpaired) electrons. The van der Waals surface area contributed by atoms with Crippen molar-refractivity contribution in [3.63, 3.8) is 0 Å². The average molecular weight is 453 g/mol. The predicted octanol–water partition coefficient (Wildman–Crippen LogP) is 4.06. The van der Waals surface area contributed by atoms with Crippen molar-refractivity contribution in [3.8, 4) is 5.69 Å². The maximum atomic E-state index is 12.4. The molecule has 0 aliphatic carbocycles. The molecule has 2 aromatic heterocycles. The lowest BCUT2D eigenvalue weighted by molar-refractivity contribution is -0.115. The van der Waals surface area contributed by atoms with Gasteiger partial charge in [-0.2, -0.15) is 5.10 Å². The first-order valence-corrected chi connectivity index (χ1v) is 9.67. The molecule has 0 atom stereocenters. The summed E-state index contributed by atoms with van der Waals surface area (Å²) in [7, 11) is 0. The number of rotatable bonds is 5. The highest BCUT2D eigenvalue weighted by atomic mass is 79.9. The number of furan rings is 1. The number of amides is 2. The highest BCUT2D eigenvalue weighted by molar-refractivity contribution is 9.10. The van der Waals surface area contributed by atoms with Crippen LogP contribution < -0.4 is 10.6 Å². The lowest BCUT2D eigenvalue weighted by Gasteiger charge is -2.07. The second kappa shape index (κ2) is 7.92. The fourth-order valence-corrected chi connectivity index (χ4v) is 3.34. The van der Waals surface area contributed by atoms with E-state index in [4.69, 9.17) is 4.42 Å². The third kappa shape index (κ3) is 4.07. The van der Waals surface area contributed by atoms with E-state index < -0.39 is 5.91 Å². The number of anilines is 1. The van der Waals surface area contributed by atoms with E-state index >= 15 is 0 Å². The van der Waals surface area contributed by atoms with E-state index in [1.165, 1.54) is 0 Å². The molecule has 0 aliphatic heterocycles. The van der Waals surface area contributed by atoms with Gasteiger partial charge in [0.1, 0.15) is 5.58 Å². The Morgan fingerprint density at radius 3 is 2.69 bits per heavy atom. The SMILES string of the molecule is Cc1c(C(=O)NCC(=O)Nc2ccc(-n3cccn3)cc2)oc2ccc(Br)cc12. The number of halogens is 1. The zero-order valence-corrected chi connectivity index (χ0v) is 17.1. The molecule has 2 heterocycles. The van der Waals surface area contributed by atoms with Crippen LogP contribution in [0.15, 0.2) is 69.8 Å². The molecule has 146 valence electrons. The molecule has 0 bridgehead atoms. The second-order valence-electron chi connectivity index (χ2n) is 6.43. The number of hydrogen-bond donors (Lipinski definition) is 2. The maximum Gasteiger partial charge on any atom is 0.287 e. The van der Waals surface area contributed by atoms with E-state index in [1.807, 2.05) is 43.5 Å². The van der Waals surface area contributed by atoms with Gasteiger partial charge in [-0.1, -0.05) is 15.9 Å². The molecule has 0 spiro atoms. The van der Waals surface area contributed by atoms with Gasteiger partial charge in [0.25, 0.3) is 5.91 Å². The number of nitrogens with zero attached hydrogens (tertiary/aromatic N) is 2. The average Bonchev–Trinajstić information content (AvgIpc) is 3.36. The highest BCUT2D eigenvalue weighted by Gasteiger charge is 2.18. The van der Waals surface area contributed by atoms with Crippen molar-refractivity contribution in [2.24, 2.45) is 0 Å². The van der Waals surface area contributed by atoms with Crippen molar-refractivity contribution in [3.05, 3.63) is 76.7 Å². The third-order valence-electron chi connectivity index (χ3n) is 4.43. The Morgan fingerprint density at radius 2 is 1.97 bits per heavy atom. The second-order valence-corrected chi connectivity index (χ2v) is 7.34. The van der Waals surface area contributed by atoms with Gasteiger partial charge in [0.15, 0.2) is 5.76 Å². The molecule has 0 saturated heterocycles. The van der Waals surface area contributed by atoms with Gasteiger partial charge in [0, 0.05) is 33.5 Å². The summed E-state index contributed by atoms with van der Waals surface area (Å²) in [5, 5.41) is 10.4. The van der Waals surface area contributed by atoms with Crippen LogP contribution >= 0.6 is 15.9 Å². The van der Waals surface area contributed by atoms with Crippen molar-refractivity contribution >= 4 is 44.4 Å². The molecular weight excluding hydrogens is 436 g/mol. The van der Waals surface area contributed by atoms with Crippen LogP contribution in [0.2, 0.25) is 0 Å². The van der Waals surface area contributed by atoms with Gasteiger partial charge in [-0.05, 0) is 55.5 Å². The van der Waals surface area contributed by atoms with Gasteiger partial charge in [0.05, 0.1) is 12.2 Å². The Hall–Kier alpha value is -3.39. The molecule has 29 heavy (non-hydrogen) atoms. The Balaban J connectivity index is 1.37. The predicted molar refractivity (Wildman–Crippen MR) is 113 cm³/mol. The molecule has 2 aromatic carbocycles. The molecule has 0 fully saturated rings. The number of aromatic nitrogens is 2. The van der Waals surface area contributed by atoms with Crippen molar-refractivity contribution in [1.82, 2.24) is 15.1 Å². The Morgan fingerprint density at radius 1 is 1.17 bits per heavy atom. The summed E-state index contributed by atoms with van der Waals surface area (Å²) < 4.78 is 8.27. The quantitative estimate of drug-likeness (QED) is 0.477. The molecule has 2 N–H and O–H groups in total. The number of benzene rings is 2. The van der Waals surface area contributed by atoms with E-state index in [9.17, 15) is 9.59 Å². The van der Waals surface area contributed by atoms with Crippen molar-refractivity contribution < 1.29 is 14.0 Å². The molecule has 4 aromatic rings. The third-order valence-corrected chi connectivity index (χ3v) is 4.93. The number of nitrogens with one attached hydrogen (secondary N) is 2. The van der Waals surface area contributed by atoms with Gasteiger partial charge < -0.3 is 15.1 Å². The summed E-state index contributed by atoms with van der Waals surface area (Å²) in [6.07, 6.45) is 3.53. The van der Waals surface area contributed by atoms with Crippen LogP contribution in [0.4, 0.5) is 5.69 Å². The van der Waals surface area contributed by atoms with Crippen LogP contribution in [-0.2, 0) is 4.79 Å². The summed E-state index contributed by atoms with van der Waals surface area (Å²) >= 11 is 3.41. The van der Waals surface area contributed by atoms with E-state index in [0.717, 1.165) is 21.1 Å². The van der Waals surface area contributed by atoms with Crippen LogP contribution in [0.25, 0.3) is 16.7 Å². The molecule has 0 unspecified atom stereocenters. The summed E-state index contributed by atoms with van der Waals surface area (Å²) in [5.41, 5.74) is 2.87. The smallest absolute Gasteiger partial charge is 0.287 e. The van der Waals surface area contributed by atoms with Crippen LogP contribution in [0.5, 0.6) is 0 Å². The number of carbonyl (C=O) groups excluding carboxylic acids is 2. The number of fused-ring (bicyclic) bond motifs is 1. The molecule has 0 aliphatic rings. The Bertz CT molecular complexity index is 1180. The lowest BCUT2D eigenvalue weighted by Crippen LogP contribution is -2.32. The van der Waals surface area contributed by atoms with Gasteiger partial charge in [-0.25, -0.2) is 4.68 Å². The molecule has 4 rings (SSSR count). The topological polar surface area (TPSA) is 89.2 Å². The molecule has 0 saturated carbocycles. The first-order chi connectivity index (χ1) is 14.0. The van der Waals surface area contributed by atoms with Gasteiger partial charge in [0.2, 0.25) is 5.91 Å². The molecule has 8 heteroatoms. The maximum absolute atomic E-state index is 12.4. The van der Waals surface area contributed by atoms with Crippen LogP contribution in [0.3, 0.4) is 0 Å². The fraction of sp³-hybridized carbons (Fsp3) is 0.0952. The van der Waals surface area contributed by atoms with Gasteiger partial charge in [-0.15, -0.1) is 0 Å². The monoisotopic (exact) mass is 452 g/mol. The van der Waals surface area contributed by atoms with Gasteiger partial charge in [-0.3, -0.25) is 9.59 Å². The number of aryl methyl sites for hydroxylation is 1. The highest BCUT2D eigenvalue weighted by Crippen LogP contribution is 2.28. The standard InChI is InChI=1S/C21H17BrN4O3/c1-13-17-11-14(22)3-8-18(17)29-20(13)21(28)23-12-19(27)25-15-4-6-16(7-5-15)26-10-2-9-24-26/h2-11H,12H2,1H3,(H,23,28)(H,25,27). The lowest BCUT2D eigenvalue weighted by atomic mass is 10.1. The molecule has 2 amide bonds. The summed E-state index contributed by atoms with van der Waals surface area (Å²) in [4.78, 5) is 24.6. The minimum atomic E-state index is -0.431. The first-order valence-electron chi connectivity index (χ1n) is 8.88. The normalized spacial score (nSPS) is 10.8. The molecular formula is C21H17BrN4O3. The zero-order chi connectivity index (χ0) is 20.4. The van der Waals surface area contributed by atoms with E-state index in [0.29, 0.717) is 11.3 Å². The minimum absolute atomic E-state index is 0.167. The van der Waals surface area contributed by atoms with Crippen LogP contribution in [-0.4, -0.2) is 28.1 Å². The Labute approximate surface area is 174 Å². The first kappa shape index (κ1) is 18.9.